The van der Waals surface area contributed by atoms with Gasteiger partial charge in [-0.05, 0) is 82.0 Å². The van der Waals surface area contributed by atoms with E-state index in [4.69, 9.17) is 4.74 Å². The molecule has 5 rings (SSSR count). The van der Waals surface area contributed by atoms with E-state index in [2.05, 4.69) is 56.8 Å². The molecule has 9 nitrogen and oxygen atoms in total. The van der Waals surface area contributed by atoms with Crippen LogP contribution in [0.25, 0.3) is 11.3 Å². The number of hydrogen-bond acceptors (Lipinski definition) is 7. The van der Waals surface area contributed by atoms with Crippen LogP contribution in [0.5, 0.6) is 0 Å². The zero-order valence-corrected chi connectivity index (χ0v) is 21.1. The van der Waals surface area contributed by atoms with Crippen LogP contribution in [0, 0.1) is 33.6 Å². The molecule has 0 spiro atoms. The molecule has 4 aromatic rings. The van der Waals surface area contributed by atoms with E-state index in [0.717, 1.165) is 22.9 Å². The topological polar surface area (TPSA) is 94.6 Å². The van der Waals surface area contributed by atoms with Gasteiger partial charge in [-0.15, -0.1) is 15.3 Å². The molecule has 1 fully saturated rings. The second kappa shape index (κ2) is 9.56. The van der Waals surface area contributed by atoms with Crippen molar-refractivity contribution in [2.45, 2.75) is 40.5 Å². The molecule has 1 saturated heterocycles. The maximum Gasteiger partial charge on any atom is 0.309 e. The maximum absolute atomic E-state index is 13.0. The van der Waals surface area contributed by atoms with Crippen LogP contribution in [-0.2, 0) is 9.53 Å². The Labute approximate surface area is 209 Å². The van der Waals surface area contributed by atoms with E-state index in [9.17, 15) is 9.59 Å². The standard InChI is InChI=1S/C27H30N6O3/c1-17-5-6-22(13-18(17)2)33-19(3)14-23(20(33)4)24(34)15-36-27(35)21-9-11-31(12-10-21)26-8-7-25-29-28-16-32(25)30-26/h5-8,13-14,16,21H,9-12,15H2,1-4H3. The molecule has 186 valence electrons. The number of carbonyl (C=O) groups is 2. The number of benzene rings is 1. The van der Waals surface area contributed by atoms with Crippen LogP contribution < -0.4 is 4.90 Å². The van der Waals surface area contributed by atoms with E-state index in [0.29, 0.717) is 37.1 Å². The Morgan fingerprint density at radius 3 is 2.53 bits per heavy atom. The third-order valence-corrected chi connectivity index (χ3v) is 7.13. The molecule has 1 aliphatic heterocycles. The lowest BCUT2D eigenvalue weighted by atomic mass is 9.97. The lowest BCUT2D eigenvalue weighted by molar-refractivity contribution is -0.148. The molecule has 1 aliphatic rings. The first-order valence-corrected chi connectivity index (χ1v) is 12.2. The molecule has 4 heterocycles. The maximum atomic E-state index is 13.0. The molecule has 3 aromatic heterocycles. The number of hydrogen-bond donors (Lipinski definition) is 0. The Hall–Kier alpha value is -4.01. The fraction of sp³-hybridized carbons (Fsp3) is 0.370. The van der Waals surface area contributed by atoms with E-state index in [1.807, 2.05) is 32.0 Å². The molecule has 36 heavy (non-hydrogen) atoms. The normalized spacial score (nSPS) is 14.4. The van der Waals surface area contributed by atoms with Gasteiger partial charge in [-0.3, -0.25) is 9.59 Å². The molecule has 0 N–H and O–H groups in total. The number of fused-ring (bicyclic) bond motifs is 1. The number of rotatable bonds is 6. The highest BCUT2D eigenvalue weighted by molar-refractivity contribution is 5.99. The molecule has 9 heteroatoms. The number of anilines is 1. The van der Waals surface area contributed by atoms with E-state index < -0.39 is 0 Å². The molecular weight excluding hydrogens is 456 g/mol. The van der Waals surface area contributed by atoms with Crippen molar-refractivity contribution >= 4 is 23.2 Å². The van der Waals surface area contributed by atoms with Gasteiger partial charge in [-0.2, -0.15) is 4.52 Å². The van der Waals surface area contributed by atoms with Crippen molar-refractivity contribution in [2.75, 3.05) is 24.6 Å². The van der Waals surface area contributed by atoms with Gasteiger partial charge in [-0.25, -0.2) is 0 Å². The third-order valence-electron chi connectivity index (χ3n) is 7.13. The van der Waals surface area contributed by atoms with Crippen LogP contribution in [0.2, 0.25) is 0 Å². The summed E-state index contributed by atoms with van der Waals surface area (Å²) in [5.74, 6) is 0.0997. The minimum Gasteiger partial charge on any atom is -0.457 e. The van der Waals surface area contributed by atoms with Gasteiger partial charge in [0.25, 0.3) is 0 Å². The van der Waals surface area contributed by atoms with Crippen molar-refractivity contribution in [3.8, 4) is 5.69 Å². The molecule has 0 aliphatic carbocycles. The summed E-state index contributed by atoms with van der Waals surface area (Å²) in [5, 5.41) is 12.4. The molecule has 1 aromatic carbocycles. The van der Waals surface area contributed by atoms with Crippen LogP contribution in [-0.4, -0.2) is 55.8 Å². The Kier molecular flexibility index (Phi) is 6.30. The summed E-state index contributed by atoms with van der Waals surface area (Å²) in [6.07, 6.45) is 2.87. The predicted octanol–water partition coefficient (Wildman–Crippen LogP) is 3.79. The number of Topliss-reactive ketones (excluding diaryl/α,β-unsaturated/α-hetero) is 1. The summed E-state index contributed by atoms with van der Waals surface area (Å²) >= 11 is 0. The summed E-state index contributed by atoms with van der Waals surface area (Å²) < 4.78 is 9.19. The third kappa shape index (κ3) is 4.48. The number of aromatic nitrogens is 5. The summed E-state index contributed by atoms with van der Waals surface area (Å²) in [5.41, 5.74) is 6.54. The van der Waals surface area contributed by atoms with Crippen LogP contribution in [0.3, 0.4) is 0 Å². The van der Waals surface area contributed by atoms with Gasteiger partial charge in [0.2, 0.25) is 5.78 Å². The number of piperidine rings is 1. The minimum atomic E-state index is -0.312. The van der Waals surface area contributed by atoms with Crippen molar-refractivity contribution in [1.29, 1.82) is 0 Å². The highest BCUT2D eigenvalue weighted by atomic mass is 16.5. The van der Waals surface area contributed by atoms with E-state index in [-0.39, 0.29) is 24.3 Å². The zero-order chi connectivity index (χ0) is 25.4. The lowest BCUT2D eigenvalue weighted by Crippen LogP contribution is -2.38. The van der Waals surface area contributed by atoms with E-state index in [1.54, 1.807) is 10.8 Å². The number of carbonyl (C=O) groups excluding carboxylic acids is 2. The predicted molar refractivity (Wildman–Crippen MR) is 136 cm³/mol. The quantitative estimate of drug-likeness (QED) is 0.302. The van der Waals surface area contributed by atoms with Gasteiger partial charge < -0.3 is 14.2 Å². The Morgan fingerprint density at radius 1 is 1.00 bits per heavy atom. The molecule has 0 unspecified atom stereocenters. The average molecular weight is 487 g/mol. The number of ether oxygens (including phenoxy) is 1. The number of nitrogens with zero attached hydrogens (tertiary/aromatic N) is 6. The number of ketones is 1. The molecule has 0 saturated carbocycles. The Balaban J connectivity index is 1.18. The monoisotopic (exact) mass is 486 g/mol. The van der Waals surface area contributed by atoms with Crippen molar-refractivity contribution < 1.29 is 14.3 Å². The van der Waals surface area contributed by atoms with Crippen molar-refractivity contribution in [3.05, 3.63) is 70.8 Å². The van der Waals surface area contributed by atoms with Gasteiger partial charge >= 0.3 is 5.97 Å². The van der Waals surface area contributed by atoms with Crippen molar-refractivity contribution in [3.63, 3.8) is 0 Å². The summed E-state index contributed by atoms with van der Waals surface area (Å²) in [6.45, 7) is 9.19. The Bertz CT molecular complexity index is 1450. The molecule has 0 radical (unpaired) electrons. The van der Waals surface area contributed by atoms with Crippen LogP contribution in [0.4, 0.5) is 5.82 Å². The molecule has 0 bridgehead atoms. The molecule has 0 amide bonds. The van der Waals surface area contributed by atoms with Gasteiger partial charge in [0.1, 0.15) is 12.1 Å². The number of aryl methyl sites for hydroxylation is 3. The van der Waals surface area contributed by atoms with Crippen LogP contribution >= 0.6 is 0 Å². The minimum absolute atomic E-state index is 0.185. The van der Waals surface area contributed by atoms with E-state index in [1.165, 1.54) is 11.1 Å². The smallest absolute Gasteiger partial charge is 0.309 e. The fourth-order valence-corrected chi connectivity index (χ4v) is 4.87. The van der Waals surface area contributed by atoms with Crippen LogP contribution in [0.15, 0.2) is 42.7 Å². The lowest BCUT2D eigenvalue weighted by Gasteiger charge is -2.31. The van der Waals surface area contributed by atoms with Crippen molar-refractivity contribution in [1.82, 2.24) is 24.4 Å². The van der Waals surface area contributed by atoms with Crippen LogP contribution in [0.1, 0.15) is 45.7 Å². The summed E-state index contributed by atoms with van der Waals surface area (Å²) in [6, 6.07) is 11.9. The highest BCUT2D eigenvalue weighted by Crippen LogP contribution is 2.25. The fourth-order valence-electron chi connectivity index (χ4n) is 4.87. The summed E-state index contributed by atoms with van der Waals surface area (Å²) in [4.78, 5) is 27.8. The second-order valence-electron chi connectivity index (χ2n) is 9.51. The second-order valence-corrected chi connectivity index (χ2v) is 9.51. The van der Waals surface area contributed by atoms with Crippen molar-refractivity contribution in [2.24, 2.45) is 5.92 Å². The molecule has 0 atom stereocenters. The van der Waals surface area contributed by atoms with E-state index >= 15 is 0 Å². The van der Waals surface area contributed by atoms with Gasteiger partial charge in [-0.1, -0.05) is 6.07 Å². The molecular formula is C27H30N6O3. The SMILES string of the molecule is Cc1ccc(-n2c(C)cc(C(=O)COC(=O)C3CCN(c4ccc5nncn5n4)CC3)c2C)cc1C. The number of esters is 1. The van der Waals surface area contributed by atoms with Gasteiger partial charge in [0, 0.05) is 35.7 Å². The average Bonchev–Trinajstić information content (AvgIpc) is 3.47. The first-order chi connectivity index (χ1) is 17.3. The Morgan fingerprint density at radius 2 is 1.78 bits per heavy atom. The van der Waals surface area contributed by atoms with Gasteiger partial charge in [0.15, 0.2) is 12.3 Å². The zero-order valence-electron chi connectivity index (χ0n) is 21.1. The first-order valence-electron chi connectivity index (χ1n) is 12.2. The van der Waals surface area contributed by atoms with Gasteiger partial charge in [0.05, 0.1) is 5.92 Å². The largest absolute Gasteiger partial charge is 0.457 e. The first kappa shape index (κ1) is 23.7. The highest BCUT2D eigenvalue weighted by Gasteiger charge is 2.28. The summed E-state index contributed by atoms with van der Waals surface area (Å²) in [7, 11) is 0.